The molecule has 1 N–H and O–H groups in total. The van der Waals surface area contributed by atoms with Crippen molar-refractivity contribution < 1.29 is 17.9 Å². The van der Waals surface area contributed by atoms with Gasteiger partial charge < -0.3 is 10.1 Å². The summed E-state index contributed by atoms with van der Waals surface area (Å²) >= 11 is 13.7. The average Bonchev–Trinajstić information content (AvgIpc) is 3.17. The maximum Gasteiger partial charge on any atom is 0.262 e. The van der Waals surface area contributed by atoms with Gasteiger partial charge in [-0.25, -0.2) is 8.42 Å². The summed E-state index contributed by atoms with van der Waals surface area (Å²) in [6.45, 7) is 5.31. The molecule has 2 aromatic rings. The lowest BCUT2D eigenvalue weighted by Crippen LogP contribution is -2.41. The highest BCUT2D eigenvalue weighted by Crippen LogP contribution is 2.35. The van der Waals surface area contributed by atoms with Crippen LogP contribution in [0.2, 0.25) is 10.0 Å². The Hall–Kier alpha value is -1.16. The average molecular weight is 477 g/mol. The maximum absolute atomic E-state index is 12.9. The second-order valence-electron chi connectivity index (χ2n) is 7.29. The van der Waals surface area contributed by atoms with Gasteiger partial charge in [0.25, 0.3) is 5.91 Å². The van der Waals surface area contributed by atoms with Crippen LogP contribution in [-0.4, -0.2) is 51.5 Å². The second kappa shape index (κ2) is 8.91. The van der Waals surface area contributed by atoms with Crippen LogP contribution in [0.4, 0.5) is 0 Å². The monoisotopic (exact) mass is 476 g/mol. The first-order valence-electron chi connectivity index (χ1n) is 9.02. The number of benzene rings is 1. The summed E-state index contributed by atoms with van der Waals surface area (Å²) < 4.78 is 32.5. The minimum Gasteiger partial charge on any atom is -0.379 e. The fraction of sp³-hybridized carbons (Fsp3) is 0.421. The number of carbonyl (C=O) groups excluding carboxylic acids is 1. The van der Waals surface area contributed by atoms with Crippen LogP contribution in [0.3, 0.4) is 0 Å². The molecule has 3 rings (SSSR count). The van der Waals surface area contributed by atoms with Gasteiger partial charge in [-0.15, -0.1) is 11.3 Å². The third-order valence-corrected chi connectivity index (χ3v) is 8.37. The van der Waals surface area contributed by atoms with Crippen molar-refractivity contribution in [3.05, 3.63) is 50.1 Å². The Morgan fingerprint density at radius 3 is 2.45 bits per heavy atom. The molecule has 0 radical (unpaired) electrons. The van der Waals surface area contributed by atoms with Gasteiger partial charge in [-0.2, -0.15) is 4.31 Å². The molecule has 1 fully saturated rings. The van der Waals surface area contributed by atoms with Gasteiger partial charge in [0, 0.05) is 35.1 Å². The Bertz CT molecular complexity index is 979. The third kappa shape index (κ3) is 4.78. The van der Waals surface area contributed by atoms with Gasteiger partial charge in [-0.1, -0.05) is 43.1 Å². The predicted octanol–water partition coefficient (Wildman–Crippen LogP) is 3.78. The standard InChI is InChI=1S/C19H22Cl2N2O4S2/c1-19(2,16-13(20)4-3-5-14(16)21)12-22-18(24)17-15(6-11-28-17)29(25,26)23-7-9-27-10-8-23/h3-6,11H,7-10,12H2,1-2H3,(H,22,24). The summed E-state index contributed by atoms with van der Waals surface area (Å²) in [5.74, 6) is -0.442. The van der Waals surface area contributed by atoms with Crippen molar-refractivity contribution in [1.29, 1.82) is 0 Å². The molecule has 1 aliphatic heterocycles. The molecule has 0 aliphatic carbocycles. The van der Waals surface area contributed by atoms with Crippen molar-refractivity contribution in [2.45, 2.75) is 24.2 Å². The Balaban J connectivity index is 1.78. The van der Waals surface area contributed by atoms with E-state index in [4.69, 9.17) is 27.9 Å². The van der Waals surface area contributed by atoms with Crippen LogP contribution in [0.1, 0.15) is 29.1 Å². The van der Waals surface area contributed by atoms with Gasteiger partial charge in [0.1, 0.15) is 9.77 Å². The zero-order valence-electron chi connectivity index (χ0n) is 16.1. The van der Waals surface area contributed by atoms with E-state index < -0.39 is 21.3 Å². The number of ether oxygens (including phenoxy) is 1. The number of carbonyl (C=O) groups is 1. The number of nitrogens with zero attached hydrogens (tertiary/aromatic N) is 1. The smallest absolute Gasteiger partial charge is 0.262 e. The molecule has 0 spiro atoms. The zero-order chi connectivity index (χ0) is 21.2. The van der Waals surface area contributed by atoms with Gasteiger partial charge in [0.15, 0.2) is 0 Å². The number of amides is 1. The highest BCUT2D eigenvalue weighted by Gasteiger charge is 2.32. The van der Waals surface area contributed by atoms with E-state index in [0.717, 1.165) is 16.9 Å². The number of morpholine rings is 1. The van der Waals surface area contributed by atoms with Crippen LogP contribution < -0.4 is 5.32 Å². The van der Waals surface area contributed by atoms with Crippen molar-refractivity contribution in [2.24, 2.45) is 0 Å². The highest BCUT2D eigenvalue weighted by atomic mass is 35.5. The molecule has 1 aromatic heterocycles. The van der Waals surface area contributed by atoms with Gasteiger partial charge in [0.2, 0.25) is 10.0 Å². The molecule has 0 atom stereocenters. The second-order valence-corrected chi connectivity index (χ2v) is 10.9. The maximum atomic E-state index is 12.9. The molecule has 0 saturated carbocycles. The molecule has 1 aliphatic rings. The SMILES string of the molecule is CC(C)(CNC(=O)c1sccc1S(=O)(=O)N1CCOCC1)c1c(Cl)cccc1Cl. The summed E-state index contributed by atoms with van der Waals surface area (Å²) in [6.07, 6.45) is 0. The summed E-state index contributed by atoms with van der Waals surface area (Å²) in [6, 6.07) is 6.73. The van der Waals surface area contributed by atoms with Crippen molar-refractivity contribution >= 4 is 50.5 Å². The molecule has 10 heteroatoms. The number of thiophene rings is 1. The van der Waals surface area contributed by atoms with Crippen LogP contribution in [-0.2, 0) is 20.2 Å². The molecule has 1 aromatic carbocycles. The summed E-state index contributed by atoms with van der Waals surface area (Å²) in [5, 5.41) is 5.48. The number of hydrogen-bond acceptors (Lipinski definition) is 5. The molecule has 1 saturated heterocycles. The Morgan fingerprint density at radius 1 is 1.21 bits per heavy atom. The molecule has 29 heavy (non-hydrogen) atoms. The molecule has 6 nitrogen and oxygen atoms in total. The fourth-order valence-corrected chi connectivity index (χ4v) is 6.84. The summed E-state index contributed by atoms with van der Waals surface area (Å²) in [7, 11) is -3.75. The molecular weight excluding hydrogens is 455 g/mol. The molecule has 2 heterocycles. The summed E-state index contributed by atoms with van der Waals surface area (Å²) in [5.41, 5.74) is 0.182. The minimum absolute atomic E-state index is 0.0236. The zero-order valence-corrected chi connectivity index (χ0v) is 19.2. The summed E-state index contributed by atoms with van der Waals surface area (Å²) in [4.78, 5) is 13.0. The molecule has 1 amide bonds. The van der Waals surface area contributed by atoms with Gasteiger partial charge in [-0.3, -0.25) is 4.79 Å². The Labute approximate surface area is 184 Å². The van der Waals surface area contributed by atoms with E-state index in [0.29, 0.717) is 23.3 Å². The van der Waals surface area contributed by atoms with Gasteiger partial charge in [-0.05, 0) is 29.1 Å². The third-order valence-electron chi connectivity index (χ3n) is 4.75. The predicted molar refractivity (Wildman–Crippen MR) is 116 cm³/mol. The van der Waals surface area contributed by atoms with E-state index >= 15 is 0 Å². The van der Waals surface area contributed by atoms with Crippen LogP contribution in [0.25, 0.3) is 0 Å². The fourth-order valence-electron chi connectivity index (χ4n) is 3.21. The molecular formula is C19H22Cl2N2O4S2. The minimum atomic E-state index is -3.75. The van der Waals surface area contributed by atoms with Crippen LogP contribution in [0.5, 0.6) is 0 Å². The molecule has 158 valence electrons. The van der Waals surface area contributed by atoms with Gasteiger partial charge in [0.05, 0.1) is 13.2 Å². The lowest BCUT2D eigenvalue weighted by Gasteiger charge is -2.28. The van der Waals surface area contributed by atoms with Gasteiger partial charge >= 0.3 is 0 Å². The van der Waals surface area contributed by atoms with E-state index in [1.54, 1.807) is 23.6 Å². The highest BCUT2D eigenvalue weighted by molar-refractivity contribution is 7.89. The lowest BCUT2D eigenvalue weighted by atomic mass is 9.84. The van der Waals surface area contributed by atoms with Crippen LogP contribution in [0.15, 0.2) is 34.5 Å². The van der Waals surface area contributed by atoms with E-state index in [-0.39, 0.29) is 29.4 Å². The number of halogens is 2. The van der Waals surface area contributed by atoms with Crippen LogP contribution in [0, 0.1) is 0 Å². The van der Waals surface area contributed by atoms with Crippen LogP contribution >= 0.6 is 34.5 Å². The van der Waals surface area contributed by atoms with Crippen molar-refractivity contribution in [1.82, 2.24) is 9.62 Å². The quantitative estimate of drug-likeness (QED) is 0.687. The van der Waals surface area contributed by atoms with Crippen molar-refractivity contribution in [3.8, 4) is 0 Å². The largest absolute Gasteiger partial charge is 0.379 e. The van der Waals surface area contributed by atoms with E-state index in [9.17, 15) is 13.2 Å². The number of hydrogen-bond donors (Lipinski definition) is 1. The first kappa shape index (κ1) is 22.5. The Kier molecular flexibility index (Phi) is 6.92. The first-order valence-corrected chi connectivity index (χ1v) is 12.1. The number of rotatable bonds is 6. The van der Waals surface area contributed by atoms with E-state index in [1.807, 2.05) is 13.8 Å². The Morgan fingerprint density at radius 2 is 1.83 bits per heavy atom. The number of nitrogens with one attached hydrogen (secondary N) is 1. The number of sulfonamides is 1. The topological polar surface area (TPSA) is 75.7 Å². The molecule has 0 unspecified atom stereocenters. The van der Waals surface area contributed by atoms with E-state index in [1.165, 1.54) is 10.4 Å². The lowest BCUT2D eigenvalue weighted by molar-refractivity contribution is 0.0730. The van der Waals surface area contributed by atoms with Crippen molar-refractivity contribution in [2.75, 3.05) is 32.8 Å². The van der Waals surface area contributed by atoms with E-state index in [2.05, 4.69) is 5.32 Å². The normalized spacial score (nSPS) is 16.0. The first-order chi connectivity index (χ1) is 13.6. The molecule has 0 bridgehead atoms. The van der Waals surface area contributed by atoms with Crippen molar-refractivity contribution in [3.63, 3.8) is 0 Å².